The maximum Gasteiger partial charge on any atom is 0.150 e. The Hall–Kier alpha value is -2.61. The summed E-state index contributed by atoms with van der Waals surface area (Å²) in [5, 5.41) is 9.27. The van der Waals surface area contributed by atoms with Crippen molar-refractivity contribution >= 4 is 48.0 Å². The van der Waals surface area contributed by atoms with Crippen molar-refractivity contribution in [1.29, 1.82) is 0 Å². The molecule has 4 heterocycles. The highest BCUT2D eigenvalue weighted by molar-refractivity contribution is 6.36. The number of nitrogens with zero attached hydrogens (tertiary/aromatic N) is 5. The molecule has 1 N–H and O–H groups in total. The molecule has 1 fully saturated rings. The second kappa shape index (κ2) is 9.71. The van der Waals surface area contributed by atoms with Gasteiger partial charge < -0.3 is 5.32 Å². The van der Waals surface area contributed by atoms with E-state index in [1.54, 1.807) is 23.0 Å². The van der Waals surface area contributed by atoms with Gasteiger partial charge in [0, 0.05) is 59.4 Å². The van der Waals surface area contributed by atoms with Crippen LogP contribution in [0.4, 0.5) is 5.82 Å². The fraction of sp³-hybridized carbons (Fsp3) is 0.292. The number of likely N-dealkylation sites (tertiary alicyclic amines) is 1. The molecule has 2 radical (unpaired) electrons. The largest absolute Gasteiger partial charge is 0.366 e. The van der Waals surface area contributed by atoms with Gasteiger partial charge in [0.15, 0.2) is 0 Å². The molecular weight excluding hydrogens is 454 g/mol. The molecule has 1 aliphatic rings. The fourth-order valence-corrected chi connectivity index (χ4v) is 4.77. The Balaban J connectivity index is 1.31. The molecular formula is C24H23BCl2N6. The highest BCUT2D eigenvalue weighted by Crippen LogP contribution is 2.30. The average Bonchev–Trinajstić information content (AvgIpc) is 3.21. The lowest BCUT2D eigenvalue weighted by atomic mass is 9.92. The molecule has 1 aromatic carbocycles. The summed E-state index contributed by atoms with van der Waals surface area (Å²) < 4.78 is 1.77. The molecule has 166 valence electrons. The second-order valence-corrected chi connectivity index (χ2v) is 9.25. The van der Waals surface area contributed by atoms with Crippen molar-refractivity contribution in [1.82, 2.24) is 24.5 Å². The third-order valence-corrected chi connectivity index (χ3v) is 6.72. The van der Waals surface area contributed by atoms with Gasteiger partial charge in [-0.3, -0.25) is 9.88 Å². The quantitative estimate of drug-likeness (QED) is 0.422. The molecule has 6 nitrogen and oxygen atoms in total. The number of rotatable bonds is 6. The maximum atomic E-state index is 6.37. The molecule has 0 amide bonds. The zero-order chi connectivity index (χ0) is 22.8. The van der Waals surface area contributed by atoms with Crippen LogP contribution in [0.1, 0.15) is 35.6 Å². The van der Waals surface area contributed by atoms with Gasteiger partial charge in [-0.2, -0.15) is 9.61 Å². The smallest absolute Gasteiger partial charge is 0.150 e. The number of halogens is 2. The topological polar surface area (TPSA) is 58.4 Å². The summed E-state index contributed by atoms with van der Waals surface area (Å²) in [6.45, 7) is 3.42. The standard InChI is InChI=1S/C24H23BCl2N6/c25-20-14-30-33-23(29-13-16-2-1-7-28-12-16)11-22(31-24(20)33)17-5-8-32(9-6-17)15-18-3-4-19(26)10-21(18)27/h1-4,7,10-12,14,17,29H,5-6,8-9,13,15H2. The summed E-state index contributed by atoms with van der Waals surface area (Å²) in [6.07, 6.45) is 7.31. The number of anilines is 1. The first kappa shape index (κ1) is 22.2. The van der Waals surface area contributed by atoms with Crippen LogP contribution in [0.25, 0.3) is 5.65 Å². The molecule has 0 unspecified atom stereocenters. The molecule has 33 heavy (non-hydrogen) atoms. The van der Waals surface area contributed by atoms with Crippen molar-refractivity contribution in [3.05, 3.63) is 81.9 Å². The van der Waals surface area contributed by atoms with Crippen LogP contribution >= 0.6 is 23.2 Å². The van der Waals surface area contributed by atoms with Gasteiger partial charge >= 0.3 is 0 Å². The zero-order valence-corrected chi connectivity index (χ0v) is 19.6. The first-order valence-electron chi connectivity index (χ1n) is 11.0. The van der Waals surface area contributed by atoms with E-state index in [1.165, 1.54) is 0 Å². The van der Waals surface area contributed by atoms with E-state index in [-0.39, 0.29) is 0 Å². The lowest BCUT2D eigenvalue weighted by Crippen LogP contribution is -2.33. The van der Waals surface area contributed by atoms with E-state index in [2.05, 4.69) is 26.4 Å². The molecule has 1 aliphatic heterocycles. The predicted octanol–water partition coefficient (Wildman–Crippen LogP) is 4.22. The van der Waals surface area contributed by atoms with Gasteiger partial charge in [0.1, 0.15) is 19.3 Å². The highest BCUT2D eigenvalue weighted by Gasteiger charge is 2.24. The lowest BCUT2D eigenvalue weighted by Gasteiger charge is -2.32. The van der Waals surface area contributed by atoms with E-state index in [0.29, 0.717) is 28.6 Å². The number of piperidine rings is 1. The van der Waals surface area contributed by atoms with E-state index in [0.717, 1.165) is 60.1 Å². The number of nitrogens with one attached hydrogen (secondary N) is 1. The third kappa shape index (κ3) is 5.00. The lowest BCUT2D eigenvalue weighted by molar-refractivity contribution is 0.203. The molecule has 3 aromatic heterocycles. The number of hydrogen-bond donors (Lipinski definition) is 1. The maximum absolute atomic E-state index is 6.37. The van der Waals surface area contributed by atoms with Crippen molar-refractivity contribution in [2.24, 2.45) is 0 Å². The van der Waals surface area contributed by atoms with E-state index >= 15 is 0 Å². The molecule has 0 aliphatic carbocycles. The molecule has 5 rings (SSSR count). The number of benzene rings is 1. The minimum absolute atomic E-state index is 0.361. The first-order chi connectivity index (χ1) is 16.1. The molecule has 0 atom stereocenters. The van der Waals surface area contributed by atoms with Crippen LogP contribution in [0.2, 0.25) is 10.0 Å². The van der Waals surface area contributed by atoms with Gasteiger partial charge in [-0.15, -0.1) is 0 Å². The minimum atomic E-state index is 0.361. The average molecular weight is 477 g/mol. The van der Waals surface area contributed by atoms with Gasteiger partial charge in [0.2, 0.25) is 0 Å². The summed E-state index contributed by atoms with van der Waals surface area (Å²) in [5.74, 6) is 1.24. The van der Waals surface area contributed by atoms with Gasteiger partial charge in [-0.25, -0.2) is 4.98 Å². The van der Waals surface area contributed by atoms with Crippen molar-refractivity contribution in [3.63, 3.8) is 0 Å². The Labute approximate surface area is 204 Å². The van der Waals surface area contributed by atoms with Gasteiger partial charge in [0.05, 0.1) is 0 Å². The van der Waals surface area contributed by atoms with Gasteiger partial charge in [0.25, 0.3) is 0 Å². The summed E-state index contributed by atoms with van der Waals surface area (Å²) >= 11 is 12.4. The van der Waals surface area contributed by atoms with Crippen molar-refractivity contribution in [2.45, 2.75) is 31.8 Å². The second-order valence-electron chi connectivity index (χ2n) is 8.40. The van der Waals surface area contributed by atoms with Crippen LogP contribution in [0.5, 0.6) is 0 Å². The monoisotopic (exact) mass is 476 g/mol. The van der Waals surface area contributed by atoms with E-state index in [1.807, 2.05) is 30.5 Å². The Morgan fingerprint density at radius 2 is 1.94 bits per heavy atom. The normalized spacial score (nSPS) is 15.2. The van der Waals surface area contributed by atoms with E-state index in [9.17, 15) is 0 Å². The minimum Gasteiger partial charge on any atom is -0.366 e. The molecule has 0 spiro atoms. The van der Waals surface area contributed by atoms with Crippen molar-refractivity contribution in [3.8, 4) is 0 Å². The molecule has 1 saturated heterocycles. The van der Waals surface area contributed by atoms with E-state index < -0.39 is 0 Å². The number of aromatic nitrogens is 4. The van der Waals surface area contributed by atoms with Crippen LogP contribution in [-0.2, 0) is 13.1 Å². The van der Waals surface area contributed by atoms with Crippen molar-refractivity contribution in [2.75, 3.05) is 18.4 Å². The molecule has 0 saturated carbocycles. The fourth-order valence-electron chi connectivity index (χ4n) is 4.31. The van der Waals surface area contributed by atoms with Crippen LogP contribution in [0, 0.1) is 0 Å². The Bertz CT molecular complexity index is 1250. The Morgan fingerprint density at radius 1 is 1.09 bits per heavy atom. The van der Waals surface area contributed by atoms with Crippen LogP contribution < -0.4 is 10.8 Å². The summed E-state index contributed by atoms with van der Waals surface area (Å²) in [6, 6.07) is 11.8. The van der Waals surface area contributed by atoms with Crippen LogP contribution in [0.15, 0.2) is 55.0 Å². The van der Waals surface area contributed by atoms with Gasteiger partial charge in [-0.1, -0.05) is 35.3 Å². The molecule has 9 heteroatoms. The molecule has 0 bridgehead atoms. The van der Waals surface area contributed by atoms with E-state index in [4.69, 9.17) is 36.0 Å². The number of pyridine rings is 1. The number of hydrogen-bond acceptors (Lipinski definition) is 5. The Kier molecular flexibility index (Phi) is 6.53. The summed E-state index contributed by atoms with van der Waals surface area (Å²) in [7, 11) is 6.17. The Morgan fingerprint density at radius 3 is 2.70 bits per heavy atom. The first-order valence-corrected chi connectivity index (χ1v) is 11.8. The molecule has 4 aromatic rings. The zero-order valence-electron chi connectivity index (χ0n) is 18.1. The van der Waals surface area contributed by atoms with Gasteiger partial charge in [-0.05, 0) is 60.7 Å². The van der Waals surface area contributed by atoms with Crippen LogP contribution in [-0.4, -0.2) is 45.4 Å². The third-order valence-electron chi connectivity index (χ3n) is 6.13. The summed E-state index contributed by atoms with van der Waals surface area (Å²) in [5.41, 5.74) is 4.52. The predicted molar refractivity (Wildman–Crippen MR) is 134 cm³/mol. The SMILES string of the molecule is [B]c1cnn2c(NCc3cccnc3)cc(C3CCN(Cc4ccc(Cl)cc4Cl)CC3)nc12. The van der Waals surface area contributed by atoms with Crippen LogP contribution in [0.3, 0.4) is 0 Å². The number of fused-ring (bicyclic) bond motifs is 1. The highest BCUT2D eigenvalue weighted by atomic mass is 35.5. The van der Waals surface area contributed by atoms with Crippen molar-refractivity contribution < 1.29 is 0 Å². The summed E-state index contributed by atoms with van der Waals surface area (Å²) in [4.78, 5) is 11.5.